The molecule has 0 unspecified atom stereocenters. The van der Waals surface area contributed by atoms with E-state index in [9.17, 15) is 0 Å². The molecule has 1 aromatic carbocycles. The van der Waals surface area contributed by atoms with Crippen molar-refractivity contribution >= 4 is 38.1 Å². The van der Waals surface area contributed by atoms with E-state index in [1.54, 1.807) is 19.6 Å². The van der Waals surface area contributed by atoms with E-state index in [4.69, 9.17) is 0 Å². The fraction of sp³-hybridized carbons (Fsp3) is 0.154. The molecule has 0 radical (unpaired) electrons. The number of rotatable bonds is 2. The number of nitrogens with one attached hydrogen (secondary N) is 1. The Morgan fingerprint density at radius 2 is 1.96 bits per heavy atom. The molecule has 0 bridgehead atoms. The van der Waals surface area contributed by atoms with Gasteiger partial charge in [0, 0.05) is 0 Å². The molecule has 110 valence electrons. The molecule has 2 aromatic heterocycles. The molecule has 4 rings (SSSR count). The third-order valence-corrected chi connectivity index (χ3v) is 4.02. The van der Waals surface area contributed by atoms with Crippen LogP contribution in [0.25, 0.3) is 11.3 Å². The van der Waals surface area contributed by atoms with Gasteiger partial charge in [-0.05, 0) is 0 Å². The van der Waals surface area contributed by atoms with Crippen molar-refractivity contribution in [3.63, 3.8) is 0 Å². The first-order valence-electron chi connectivity index (χ1n) is 7.40. The van der Waals surface area contributed by atoms with Gasteiger partial charge in [-0.15, -0.1) is 0 Å². The Balaban J connectivity index is 1.76. The maximum absolute atomic E-state index is 4.56. The zero-order valence-corrected chi connectivity index (χ0v) is 13.0. The van der Waals surface area contributed by atoms with E-state index in [0.717, 1.165) is 16.8 Å². The average molecular weight is 301 g/mol. The van der Waals surface area contributed by atoms with Crippen molar-refractivity contribution in [2.75, 3.05) is 7.05 Å². The Labute approximate surface area is 135 Å². The van der Waals surface area contributed by atoms with Crippen molar-refractivity contribution in [1.29, 1.82) is 0 Å². The van der Waals surface area contributed by atoms with Crippen LogP contribution in [-0.2, 0) is 7.05 Å². The SMILES string of the molecule is CN1B(c2ccccc2)N=BNB1[n+]1[c-]n(C)c2nccnc21. The molecule has 1 aliphatic heterocycles. The zero-order chi connectivity index (χ0) is 15.8. The van der Waals surface area contributed by atoms with Gasteiger partial charge < -0.3 is 0 Å². The summed E-state index contributed by atoms with van der Waals surface area (Å²) in [6, 6.07) is 10.2. The van der Waals surface area contributed by atoms with Crippen LogP contribution in [0.3, 0.4) is 0 Å². The number of aryl methyl sites for hydroxylation is 1. The maximum atomic E-state index is 4.56. The molecule has 0 fully saturated rings. The second kappa shape index (κ2) is 5.62. The minimum absolute atomic E-state index is 0.0599. The van der Waals surface area contributed by atoms with Gasteiger partial charge in [0.05, 0.1) is 0 Å². The standard InChI is InChI=1S/C13H14B3N7/c1-21-10-23(13-12(21)17-8-9-18-13)16-20-14-19-15(22(16)2)11-6-4-3-5-7-11/h3-9,20H,1-2H3. The number of fused-ring (bicyclic) bond motifs is 1. The molecule has 10 heteroatoms. The van der Waals surface area contributed by atoms with Gasteiger partial charge >= 0.3 is 135 Å². The molecule has 7 nitrogen and oxygen atoms in total. The summed E-state index contributed by atoms with van der Waals surface area (Å²) < 4.78 is 5.94. The Hall–Kier alpha value is -2.48. The fourth-order valence-electron chi connectivity index (χ4n) is 2.90. The Morgan fingerprint density at radius 3 is 2.78 bits per heavy atom. The van der Waals surface area contributed by atoms with Crippen molar-refractivity contribution < 1.29 is 4.48 Å². The number of imidazole rings is 1. The minimum atomic E-state index is -0.141. The second-order valence-corrected chi connectivity index (χ2v) is 5.50. The van der Waals surface area contributed by atoms with Crippen molar-refractivity contribution in [1.82, 2.24) is 24.4 Å². The molecular weight excluding hydrogens is 287 g/mol. The van der Waals surface area contributed by atoms with Gasteiger partial charge in [-0.1, -0.05) is 0 Å². The topological polar surface area (TPSA) is 62.2 Å². The van der Waals surface area contributed by atoms with Crippen molar-refractivity contribution in [3.05, 3.63) is 49.1 Å². The normalized spacial score (nSPS) is 14.9. The van der Waals surface area contributed by atoms with E-state index >= 15 is 0 Å². The number of nitrogens with zero attached hydrogens (tertiary/aromatic N) is 6. The summed E-state index contributed by atoms with van der Waals surface area (Å²) in [4.78, 5) is 13.4. The van der Waals surface area contributed by atoms with E-state index in [-0.39, 0.29) is 14.1 Å². The summed E-state index contributed by atoms with van der Waals surface area (Å²) in [6.07, 6.45) is 6.65. The summed E-state index contributed by atoms with van der Waals surface area (Å²) in [7, 11) is 5.55. The zero-order valence-electron chi connectivity index (χ0n) is 13.0. The fourth-order valence-corrected chi connectivity index (χ4v) is 2.90. The average Bonchev–Trinajstić information content (AvgIpc) is 2.93. The first-order valence-corrected chi connectivity index (χ1v) is 7.40. The molecule has 0 atom stereocenters. The second-order valence-electron chi connectivity index (χ2n) is 5.50. The van der Waals surface area contributed by atoms with Crippen LogP contribution in [0.5, 0.6) is 0 Å². The van der Waals surface area contributed by atoms with Gasteiger partial charge in [0.2, 0.25) is 0 Å². The molecule has 0 spiro atoms. The van der Waals surface area contributed by atoms with Crippen LogP contribution in [0.15, 0.2) is 47.5 Å². The van der Waals surface area contributed by atoms with Crippen LogP contribution in [0.4, 0.5) is 0 Å². The van der Waals surface area contributed by atoms with E-state index in [2.05, 4.69) is 43.1 Å². The molecule has 0 saturated carbocycles. The monoisotopic (exact) mass is 301 g/mol. The number of hydrogen-bond acceptors (Lipinski definition) is 5. The molecule has 23 heavy (non-hydrogen) atoms. The van der Waals surface area contributed by atoms with Gasteiger partial charge in [-0.3, -0.25) is 0 Å². The van der Waals surface area contributed by atoms with Gasteiger partial charge in [0.25, 0.3) is 0 Å². The number of aromatic nitrogens is 4. The van der Waals surface area contributed by atoms with Crippen LogP contribution in [-0.4, -0.2) is 47.6 Å². The van der Waals surface area contributed by atoms with Gasteiger partial charge in [0.1, 0.15) is 0 Å². The van der Waals surface area contributed by atoms with Gasteiger partial charge in [-0.25, -0.2) is 0 Å². The third kappa shape index (κ3) is 2.35. The quantitative estimate of drug-likeness (QED) is 0.468. The molecule has 1 aliphatic rings. The van der Waals surface area contributed by atoms with E-state index in [1.165, 1.54) is 0 Å². The van der Waals surface area contributed by atoms with E-state index in [1.807, 2.05) is 41.3 Å². The Kier molecular flexibility index (Phi) is 3.46. The van der Waals surface area contributed by atoms with Crippen LogP contribution >= 0.6 is 0 Å². The van der Waals surface area contributed by atoms with Crippen LogP contribution in [0, 0.1) is 6.33 Å². The molecule has 0 aliphatic carbocycles. The first-order chi connectivity index (χ1) is 11.3. The van der Waals surface area contributed by atoms with E-state index in [0.29, 0.717) is 0 Å². The Morgan fingerprint density at radius 1 is 1.17 bits per heavy atom. The molecular formula is C13H14B3N7. The van der Waals surface area contributed by atoms with Crippen molar-refractivity contribution in [3.8, 4) is 0 Å². The number of hydrogen-bond donors (Lipinski definition) is 1. The molecule has 0 amide bonds. The van der Waals surface area contributed by atoms with Crippen LogP contribution in [0.1, 0.15) is 0 Å². The third-order valence-electron chi connectivity index (χ3n) is 4.02. The summed E-state index contributed by atoms with van der Waals surface area (Å²) in [5.74, 6) is 0. The summed E-state index contributed by atoms with van der Waals surface area (Å²) in [5, 5.41) is 3.28. The van der Waals surface area contributed by atoms with Crippen LogP contribution < -0.4 is 15.1 Å². The predicted octanol–water partition coefficient (Wildman–Crippen LogP) is -1.38. The molecule has 0 saturated heterocycles. The summed E-state index contributed by atoms with van der Waals surface area (Å²) in [5.41, 5.74) is 2.72. The number of benzene rings is 1. The predicted molar refractivity (Wildman–Crippen MR) is 89.6 cm³/mol. The molecule has 1 N–H and O–H groups in total. The van der Waals surface area contributed by atoms with Crippen molar-refractivity contribution in [2.24, 2.45) is 11.9 Å². The summed E-state index contributed by atoms with van der Waals surface area (Å²) in [6.45, 7) is -0.0599. The summed E-state index contributed by atoms with van der Waals surface area (Å²) >= 11 is 0. The van der Waals surface area contributed by atoms with Crippen molar-refractivity contribution in [2.45, 2.75) is 0 Å². The van der Waals surface area contributed by atoms with E-state index < -0.39 is 0 Å². The van der Waals surface area contributed by atoms with Crippen LogP contribution in [0.2, 0.25) is 0 Å². The van der Waals surface area contributed by atoms with Gasteiger partial charge in [-0.2, -0.15) is 0 Å². The molecule has 3 heterocycles. The van der Waals surface area contributed by atoms with Gasteiger partial charge in [0.15, 0.2) is 0 Å². The first kappa shape index (κ1) is 14.1. The molecule has 3 aromatic rings. The Bertz CT molecular complexity index is 866.